The summed E-state index contributed by atoms with van der Waals surface area (Å²) in [5, 5.41) is 0. The van der Waals surface area contributed by atoms with Crippen molar-refractivity contribution < 1.29 is 22.3 Å². The molecule has 5 nitrogen and oxygen atoms in total. The van der Waals surface area contributed by atoms with E-state index in [4.69, 9.17) is 22.3 Å². The molecular weight excluding hydrogens is 399 g/mol. The monoisotopic (exact) mass is 448 g/mol. The Balaban J connectivity index is -0.000000997. The van der Waals surface area contributed by atoms with Gasteiger partial charge in [-0.3, -0.25) is 9.11 Å². The standard InChI is InChI=1S/C22H46O.Na.H2O4S.H/c1-3-5-7-9-11-13-15-17-19-21-23-22-20-18-16-14-12-10-8-6-4-2;;1-5(2,3)4;/h3-22H2,1-2H3;;(H2,1,2,3,4);. The Bertz CT molecular complexity index is 349. The molecule has 0 spiro atoms. The molecule has 7 heteroatoms. The van der Waals surface area contributed by atoms with Gasteiger partial charge in [-0.1, -0.05) is 117 Å². The molecule has 0 aromatic carbocycles. The summed E-state index contributed by atoms with van der Waals surface area (Å²) in [6.07, 6.45) is 25.2. The van der Waals surface area contributed by atoms with Crippen LogP contribution in [0.25, 0.3) is 0 Å². The molecule has 0 aromatic rings. The van der Waals surface area contributed by atoms with Gasteiger partial charge >= 0.3 is 40.0 Å². The third-order valence-corrected chi connectivity index (χ3v) is 4.78. The van der Waals surface area contributed by atoms with Crippen LogP contribution in [0.4, 0.5) is 0 Å². The van der Waals surface area contributed by atoms with Crippen molar-refractivity contribution in [1.29, 1.82) is 0 Å². The molecule has 0 aromatic heterocycles. The molecule has 0 aliphatic rings. The predicted molar refractivity (Wildman–Crippen MR) is 127 cm³/mol. The molecule has 0 aliphatic heterocycles. The third kappa shape index (κ3) is 47.8. The quantitative estimate of drug-likeness (QED) is 0.122. The van der Waals surface area contributed by atoms with Gasteiger partial charge in [-0.15, -0.1) is 0 Å². The first-order valence-corrected chi connectivity index (χ1v) is 13.1. The number of hydrogen-bond acceptors (Lipinski definition) is 3. The zero-order valence-corrected chi connectivity index (χ0v) is 19.5. The van der Waals surface area contributed by atoms with Gasteiger partial charge in [0.15, 0.2) is 0 Å². The summed E-state index contributed by atoms with van der Waals surface area (Å²) in [7, 11) is -4.67. The maximum absolute atomic E-state index is 8.74. The Kier molecular flexibility index (Phi) is 34.2. The summed E-state index contributed by atoms with van der Waals surface area (Å²) in [5.74, 6) is 0. The maximum atomic E-state index is 8.74. The molecule has 0 atom stereocenters. The molecule has 0 saturated carbocycles. The average Bonchev–Trinajstić information content (AvgIpc) is 2.62. The van der Waals surface area contributed by atoms with Crippen molar-refractivity contribution in [3.8, 4) is 0 Å². The van der Waals surface area contributed by atoms with Crippen LogP contribution in [-0.2, 0) is 15.1 Å². The number of rotatable bonds is 20. The van der Waals surface area contributed by atoms with Crippen LogP contribution >= 0.6 is 0 Å². The zero-order valence-electron chi connectivity index (χ0n) is 18.7. The molecule has 0 radical (unpaired) electrons. The number of ether oxygens (including phenoxy) is 1. The van der Waals surface area contributed by atoms with Crippen LogP contribution in [0, 0.1) is 0 Å². The van der Waals surface area contributed by atoms with Gasteiger partial charge in [0, 0.05) is 13.2 Å². The Morgan fingerprint density at radius 3 is 0.966 bits per heavy atom. The first kappa shape index (κ1) is 34.4. The SMILES string of the molecule is CCCCCCCCCCCOCCCCCCCCCCC.O=S(=O)(O)O.[NaH]. The van der Waals surface area contributed by atoms with Crippen molar-refractivity contribution in [2.75, 3.05) is 13.2 Å². The Morgan fingerprint density at radius 2 is 0.724 bits per heavy atom. The van der Waals surface area contributed by atoms with E-state index in [0.717, 1.165) is 13.2 Å². The summed E-state index contributed by atoms with van der Waals surface area (Å²) in [4.78, 5) is 0. The fraction of sp³-hybridized carbons (Fsp3) is 1.00. The van der Waals surface area contributed by atoms with Crippen LogP contribution in [0.3, 0.4) is 0 Å². The van der Waals surface area contributed by atoms with Crippen molar-refractivity contribution in [3.05, 3.63) is 0 Å². The molecule has 29 heavy (non-hydrogen) atoms. The van der Waals surface area contributed by atoms with E-state index >= 15 is 0 Å². The molecule has 0 saturated heterocycles. The van der Waals surface area contributed by atoms with E-state index in [2.05, 4.69) is 13.8 Å². The van der Waals surface area contributed by atoms with Crippen LogP contribution < -0.4 is 0 Å². The van der Waals surface area contributed by atoms with Crippen LogP contribution in [0.2, 0.25) is 0 Å². The van der Waals surface area contributed by atoms with E-state index in [1.54, 1.807) is 0 Å². The van der Waals surface area contributed by atoms with Crippen LogP contribution in [0.5, 0.6) is 0 Å². The van der Waals surface area contributed by atoms with Crippen molar-refractivity contribution in [3.63, 3.8) is 0 Å². The first-order valence-electron chi connectivity index (χ1n) is 11.7. The van der Waals surface area contributed by atoms with Gasteiger partial charge in [-0.2, -0.15) is 8.42 Å². The molecule has 0 rings (SSSR count). The van der Waals surface area contributed by atoms with Crippen LogP contribution in [-0.4, -0.2) is 60.3 Å². The minimum absolute atomic E-state index is 0. The third-order valence-electron chi connectivity index (χ3n) is 4.78. The van der Waals surface area contributed by atoms with Crippen molar-refractivity contribution in [1.82, 2.24) is 0 Å². The van der Waals surface area contributed by atoms with Gasteiger partial charge in [0.2, 0.25) is 0 Å². The van der Waals surface area contributed by atoms with Crippen LogP contribution in [0.15, 0.2) is 0 Å². The molecule has 174 valence electrons. The summed E-state index contributed by atoms with van der Waals surface area (Å²) in [5.41, 5.74) is 0. The molecule has 0 aliphatic carbocycles. The summed E-state index contributed by atoms with van der Waals surface area (Å²) in [6, 6.07) is 0. The Morgan fingerprint density at radius 1 is 0.517 bits per heavy atom. The molecule has 0 fully saturated rings. The van der Waals surface area contributed by atoms with Crippen LogP contribution in [0.1, 0.15) is 129 Å². The van der Waals surface area contributed by atoms with E-state index < -0.39 is 10.4 Å². The predicted octanol–water partition coefficient (Wildman–Crippen LogP) is 6.76. The molecule has 2 N–H and O–H groups in total. The Labute approximate surface area is 204 Å². The van der Waals surface area contributed by atoms with E-state index in [9.17, 15) is 0 Å². The molecule has 0 amide bonds. The second kappa shape index (κ2) is 28.8. The van der Waals surface area contributed by atoms with E-state index in [1.807, 2.05) is 0 Å². The van der Waals surface area contributed by atoms with Crippen molar-refractivity contribution in [2.45, 2.75) is 129 Å². The second-order valence-electron chi connectivity index (χ2n) is 7.72. The second-order valence-corrected chi connectivity index (χ2v) is 8.61. The first-order chi connectivity index (χ1) is 13.4. The molecule has 0 heterocycles. The minimum atomic E-state index is -4.67. The number of unbranched alkanes of at least 4 members (excludes halogenated alkanes) is 16. The summed E-state index contributed by atoms with van der Waals surface area (Å²) < 4.78 is 37.3. The Hall–Kier alpha value is 0.830. The number of hydrogen-bond donors (Lipinski definition) is 2. The fourth-order valence-corrected chi connectivity index (χ4v) is 3.13. The van der Waals surface area contributed by atoms with Gasteiger partial charge < -0.3 is 4.74 Å². The summed E-state index contributed by atoms with van der Waals surface area (Å²) in [6.45, 7) is 6.56. The van der Waals surface area contributed by atoms with Crippen molar-refractivity contribution >= 4 is 40.0 Å². The van der Waals surface area contributed by atoms with Gasteiger partial charge in [0.25, 0.3) is 0 Å². The fourth-order valence-electron chi connectivity index (χ4n) is 3.13. The van der Waals surface area contributed by atoms with E-state index in [-0.39, 0.29) is 29.6 Å². The van der Waals surface area contributed by atoms with Gasteiger partial charge in [0.05, 0.1) is 0 Å². The normalized spacial score (nSPS) is 10.9. The summed E-state index contributed by atoms with van der Waals surface area (Å²) >= 11 is 0. The van der Waals surface area contributed by atoms with Gasteiger partial charge in [-0.25, -0.2) is 0 Å². The van der Waals surface area contributed by atoms with E-state index in [0.29, 0.717) is 0 Å². The molecular formula is C22H49NaO5S. The topological polar surface area (TPSA) is 83.8 Å². The zero-order chi connectivity index (χ0) is 21.3. The van der Waals surface area contributed by atoms with Gasteiger partial charge in [0.1, 0.15) is 0 Å². The molecule has 0 bridgehead atoms. The average molecular weight is 449 g/mol. The van der Waals surface area contributed by atoms with Crippen molar-refractivity contribution in [2.24, 2.45) is 0 Å². The van der Waals surface area contributed by atoms with Gasteiger partial charge in [-0.05, 0) is 12.8 Å². The van der Waals surface area contributed by atoms with E-state index in [1.165, 1.54) is 116 Å². The molecule has 0 unspecified atom stereocenters.